The summed E-state index contributed by atoms with van der Waals surface area (Å²) >= 11 is 9.42. The highest BCUT2D eigenvalue weighted by Crippen LogP contribution is 2.32. The summed E-state index contributed by atoms with van der Waals surface area (Å²) in [5.41, 5.74) is 0.248. The average Bonchev–Trinajstić information content (AvgIpc) is 2.38. The predicted octanol–water partition coefficient (Wildman–Crippen LogP) is 5.09. The normalized spacial score (nSPS) is 13.3. The first-order valence-corrected chi connectivity index (χ1v) is 7.02. The zero-order valence-electron chi connectivity index (χ0n) is 10.6. The lowest BCUT2D eigenvalue weighted by molar-refractivity contribution is 0.623. The Labute approximate surface area is 130 Å². The highest BCUT2D eigenvalue weighted by molar-refractivity contribution is 9.10. The monoisotopic (exact) mass is 352 g/mol. The molecule has 0 saturated heterocycles. The lowest BCUT2D eigenvalue weighted by Gasteiger charge is -2.26. The second-order valence-corrected chi connectivity index (χ2v) is 5.82. The van der Waals surface area contributed by atoms with Gasteiger partial charge in [-0.3, -0.25) is 0 Å². The van der Waals surface area contributed by atoms with Crippen molar-refractivity contribution >= 4 is 33.2 Å². The van der Waals surface area contributed by atoms with Crippen LogP contribution >= 0.6 is 27.5 Å². The number of hydrogen-bond donors (Lipinski definition) is 1. The predicted molar refractivity (Wildman–Crippen MR) is 82.1 cm³/mol. The third kappa shape index (κ3) is 3.12. The van der Waals surface area contributed by atoms with Crippen LogP contribution in [-0.2, 0) is 5.54 Å². The zero-order valence-corrected chi connectivity index (χ0v) is 13.0. The van der Waals surface area contributed by atoms with Gasteiger partial charge in [-0.05, 0) is 37.3 Å². The number of halogens is 3. The Morgan fingerprint density at radius 1 is 1.30 bits per heavy atom. The standard InChI is InChI=1S/C15H11BrClFN2/c1-15(9-19,13-6-5-11(18)8-14(13)17)20-12-4-2-3-10(16)7-12/h2-8,20H,1H3. The van der Waals surface area contributed by atoms with Gasteiger partial charge in [-0.25, -0.2) is 4.39 Å². The van der Waals surface area contributed by atoms with Crippen LogP contribution in [0.4, 0.5) is 10.1 Å². The number of anilines is 1. The molecule has 2 rings (SSSR count). The molecule has 0 saturated carbocycles. The highest BCUT2D eigenvalue weighted by atomic mass is 79.9. The highest BCUT2D eigenvalue weighted by Gasteiger charge is 2.29. The third-order valence-corrected chi connectivity index (χ3v) is 3.72. The Balaban J connectivity index is 2.41. The van der Waals surface area contributed by atoms with E-state index in [1.807, 2.05) is 24.3 Å². The maximum atomic E-state index is 13.1. The van der Waals surface area contributed by atoms with Crippen molar-refractivity contribution in [3.63, 3.8) is 0 Å². The summed E-state index contributed by atoms with van der Waals surface area (Å²) in [5.74, 6) is -0.429. The zero-order chi connectivity index (χ0) is 14.8. The van der Waals surface area contributed by atoms with Crippen LogP contribution in [0.2, 0.25) is 5.02 Å². The molecule has 0 aliphatic carbocycles. The largest absolute Gasteiger partial charge is 0.364 e. The molecule has 0 spiro atoms. The molecule has 102 valence electrons. The first-order valence-electron chi connectivity index (χ1n) is 5.85. The maximum Gasteiger partial charge on any atom is 0.149 e. The van der Waals surface area contributed by atoms with Gasteiger partial charge >= 0.3 is 0 Å². The van der Waals surface area contributed by atoms with E-state index < -0.39 is 11.4 Å². The Hall–Kier alpha value is -1.57. The molecule has 2 nitrogen and oxygen atoms in total. The minimum Gasteiger partial charge on any atom is -0.364 e. The lowest BCUT2D eigenvalue weighted by Crippen LogP contribution is -2.30. The summed E-state index contributed by atoms with van der Waals surface area (Å²) in [6.07, 6.45) is 0. The van der Waals surface area contributed by atoms with Crippen molar-refractivity contribution in [3.05, 3.63) is 63.3 Å². The minimum absolute atomic E-state index is 0.219. The number of nitriles is 1. The van der Waals surface area contributed by atoms with Crippen molar-refractivity contribution in [2.75, 3.05) is 5.32 Å². The number of hydrogen-bond acceptors (Lipinski definition) is 2. The van der Waals surface area contributed by atoms with Crippen LogP contribution in [0.1, 0.15) is 12.5 Å². The Morgan fingerprint density at radius 2 is 2.05 bits per heavy atom. The van der Waals surface area contributed by atoms with Crippen molar-refractivity contribution in [1.82, 2.24) is 0 Å². The topological polar surface area (TPSA) is 35.8 Å². The fourth-order valence-corrected chi connectivity index (χ4v) is 2.66. The van der Waals surface area contributed by atoms with Gasteiger partial charge in [0.2, 0.25) is 0 Å². The Morgan fingerprint density at radius 3 is 2.65 bits per heavy atom. The van der Waals surface area contributed by atoms with Crippen LogP contribution in [0.15, 0.2) is 46.9 Å². The molecular weight excluding hydrogens is 343 g/mol. The van der Waals surface area contributed by atoms with Gasteiger partial charge < -0.3 is 5.32 Å². The van der Waals surface area contributed by atoms with Crippen LogP contribution < -0.4 is 5.32 Å². The van der Waals surface area contributed by atoms with Crippen LogP contribution in [-0.4, -0.2) is 0 Å². The van der Waals surface area contributed by atoms with Gasteiger partial charge in [0.1, 0.15) is 11.4 Å². The SMILES string of the molecule is CC(C#N)(Nc1cccc(Br)c1)c1ccc(F)cc1Cl. The molecule has 1 N–H and O–H groups in total. The van der Waals surface area contributed by atoms with Crippen LogP contribution in [0.3, 0.4) is 0 Å². The van der Waals surface area contributed by atoms with Gasteiger partial charge in [-0.1, -0.05) is 39.7 Å². The molecule has 0 aromatic heterocycles. The fraction of sp³-hybridized carbons (Fsp3) is 0.133. The molecule has 0 amide bonds. The molecule has 0 bridgehead atoms. The molecule has 1 unspecified atom stereocenters. The van der Waals surface area contributed by atoms with E-state index >= 15 is 0 Å². The quantitative estimate of drug-likeness (QED) is 0.834. The molecule has 0 heterocycles. The van der Waals surface area contributed by atoms with Gasteiger partial charge in [-0.15, -0.1) is 0 Å². The van der Waals surface area contributed by atoms with E-state index in [2.05, 4.69) is 27.3 Å². The summed E-state index contributed by atoms with van der Waals surface area (Å²) in [6, 6.07) is 13.6. The molecular formula is C15H11BrClFN2. The Bertz CT molecular complexity index is 684. The summed E-state index contributed by atoms with van der Waals surface area (Å²) in [7, 11) is 0. The first kappa shape index (κ1) is 14.8. The minimum atomic E-state index is -1.05. The third-order valence-electron chi connectivity index (χ3n) is 2.91. The van der Waals surface area contributed by atoms with Crippen molar-refractivity contribution < 1.29 is 4.39 Å². The van der Waals surface area contributed by atoms with E-state index in [0.717, 1.165) is 10.2 Å². The van der Waals surface area contributed by atoms with Crippen molar-refractivity contribution in [2.45, 2.75) is 12.5 Å². The first-order chi connectivity index (χ1) is 9.44. The van der Waals surface area contributed by atoms with E-state index in [9.17, 15) is 9.65 Å². The molecule has 20 heavy (non-hydrogen) atoms. The van der Waals surface area contributed by atoms with Crippen LogP contribution in [0.25, 0.3) is 0 Å². The average molecular weight is 354 g/mol. The molecule has 1 atom stereocenters. The fourth-order valence-electron chi connectivity index (χ4n) is 1.91. The summed E-state index contributed by atoms with van der Waals surface area (Å²) in [6.45, 7) is 1.70. The summed E-state index contributed by atoms with van der Waals surface area (Å²) in [4.78, 5) is 0. The van der Waals surface area contributed by atoms with Crippen LogP contribution in [0.5, 0.6) is 0 Å². The van der Waals surface area contributed by atoms with Gasteiger partial charge in [0.05, 0.1) is 11.1 Å². The smallest absolute Gasteiger partial charge is 0.149 e. The second-order valence-electron chi connectivity index (χ2n) is 4.50. The summed E-state index contributed by atoms with van der Waals surface area (Å²) in [5, 5.41) is 12.8. The van der Waals surface area contributed by atoms with Gasteiger partial charge in [0, 0.05) is 15.7 Å². The summed E-state index contributed by atoms with van der Waals surface area (Å²) < 4.78 is 14.0. The van der Waals surface area contributed by atoms with E-state index in [0.29, 0.717) is 5.56 Å². The van der Waals surface area contributed by atoms with E-state index in [4.69, 9.17) is 11.6 Å². The molecule has 0 radical (unpaired) electrons. The number of nitrogens with one attached hydrogen (secondary N) is 1. The van der Waals surface area contributed by atoms with E-state index in [1.165, 1.54) is 18.2 Å². The van der Waals surface area contributed by atoms with Crippen molar-refractivity contribution in [2.24, 2.45) is 0 Å². The maximum absolute atomic E-state index is 13.1. The molecule has 5 heteroatoms. The van der Waals surface area contributed by atoms with Crippen molar-refractivity contribution in [1.29, 1.82) is 5.26 Å². The Kier molecular flexibility index (Phi) is 4.32. The lowest BCUT2D eigenvalue weighted by atomic mass is 9.93. The molecule has 2 aromatic rings. The molecule has 0 aliphatic rings. The number of rotatable bonds is 3. The van der Waals surface area contributed by atoms with Gasteiger partial charge in [0.15, 0.2) is 0 Å². The van der Waals surface area contributed by atoms with Gasteiger partial charge in [-0.2, -0.15) is 5.26 Å². The van der Waals surface area contributed by atoms with E-state index in [1.54, 1.807) is 6.92 Å². The molecule has 2 aromatic carbocycles. The molecule has 0 aliphatic heterocycles. The van der Waals surface area contributed by atoms with Gasteiger partial charge in [0.25, 0.3) is 0 Å². The van der Waals surface area contributed by atoms with E-state index in [-0.39, 0.29) is 5.02 Å². The van der Waals surface area contributed by atoms with Crippen LogP contribution in [0, 0.1) is 17.1 Å². The number of benzene rings is 2. The second kappa shape index (κ2) is 5.82. The van der Waals surface area contributed by atoms with Crippen molar-refractivity contribution in [3.8, 4) is 6.07 Å². The molecule has 0 fully saturated rings. The number of nitrogens with zero attached hydrogens (tertiary/aromatic N) is 1.